The van der Waals surface area contributed by atoms with Gasteiger partial charge < -0.3 is 10.5 Å². The number of benzene rings is 1. The second kappa shape index (κ2) is 6.15. The van der Waals surface area contributed by atoms with E-state index in [0.717, 1.165) is 12.0 Å². The summed E-state index contributed by atoms with van der Waals surface area (Å²) in [5, 5.41) is 0. The first-order chi connectivity index (χ1) is 8.04. The first kappa shape index (κ1) is 13.4. The smallest absolute Gasteiger partial charge is 0.303 e. The van der Waals surface area contributed by atoms with Crippen LogP contribution < -0.4 is 5.73 Å². The Morgan fingerprint density at radius 1 is 1.29 bits per heavy atom. The number of ether oxygens (including phenoxy) is 1. The van der Waals surface area contributed by atoms with Crippen LogP contribution in [-0.2, 0) is 16.0 Å². The number of Topliss-reactive ketones (excluding diaryl/α,β-unsaturated/α-hetero) is 1. The zero-order valence-corrected chi connectivity index (χ0v) is 10.1. The molecule has 2 N–H and O–H groups in total. The minimum atomic E-state index is -0.743. The van der Waals surface area contributed by atoms with Gasteiger partial charge in [0.15, 0.2) is 6.10 Å². The van der Waals surface area contributed by atoms with Crippen molar-refractivity contribution in [1.29, 1.82) is 0 Å². The molecule has 1 rings (SSSR count). The maximum absolute atomic E-state index is 11.8. The molecule has 0 spiro atoms. The molecule has 0 radical (unpaired) electrons. The Balaban J connectivity index is 2.72. The predicted molar refractivity (Wildman–Crippen MR) is 64.8 cm³/mol. The van der Waals surface area contributed by atoms with Crippen LogP contribution in [0.4, 0.5) is 0 Å². The summed E-state index contributed by atoms with van der Waals surface area (Å²) in [7, 11) is 0. The molecule has 0 aliphatic carbocycles. The molecule has 17 heavy (non-hydrogen) atoms. The number of rotatable bonds is 5. The van der Waals surface area contributed by atoms with E-state index >= 15 is 0 Å². The summed E-state index contributed by atoms with van der Waals surface area (Å²) in [5.74, 6) is -0.648. The van der Waals surface area contributed by atoms with Gasteiger partial charge in [-0.05, 0) is 25.5 Å². The van der Waals surface area contributed by atoms with Crippen LogP contribution in [0.3, 0.4) is 0 Å². The van der Waals surface area contributed by atoms with Gasteiger partial charge in [0.2, 0.25) is 5.78 Å². The zero-order valence-electron chi connectivity index (χ0n) is 10.1. The van der Waals surface area contributed by atoms with Crippen LogP contribution in [-0.4, -0.2) is 24.4 Å². The van der Waals surface area contributed by atoms with E-state index in [0.29, 0.717) is 12.1 Å². The Bertz CT molecular complexity index is 398. The molecule has 1 atom stereocenters. The van der Waals surface area contributed by atoms with E-state index in [4.69, 9.17) is 10.5 Å². The highest BCUT2D eigenvalue weighted by atomic mass is 16.5. The van der Waals surface area contributed by atoms with Gasteiger partial charge in [0.25, 0.3) is 0 Å². The number of nitrogens with two attached hydrogens (primary N) is 1. The first-order valence-electron chi connectivity index (χ1n) is 5.55. The molecule has 0 amide bonds. The van der Waals surface area contributed by atoms with Gasteiger partial charge in [0.05, 0.1) is 0 Å². The second-order valence-electron chi connectivity index (χ2n) is 3.85. The molecule has 0 aromatic heterocycles. The highest BCUT2D eigenvalue weighted by Crippen LogP contribution is 2.09. The maximum atomic E-state index is 11.8. The summed E-state index contributed by atoms with van der Waals surface area (Å²) in [6, 6.07) is 7.18. The van der Waals surface area contributed by atoms with Crippen LogP contribution in [0.25, 0.3) is 0 Å². The zero-order chi connectivity index (χ0) is 12.8. The fraction of sp³-hybridized carbons (Fsp3) is 0.385. The van der Waals surface area contributed by atoms with Crippen LogP contribution in [0, 0.1) is 0 Å². The summed E-state index contributed by atoms with van der Waals surface area (Å²) in [4.78, 5) is 22.6. The van der Waals surface area contributed by atoms with E-state index in [2.05, 4.69) is 0 Å². The molecule has 92 valence electrons. The minimum absolute atomic E-state index is 0.195. The van der Waals surface area contributed by atoms with Gasteiger partial charge in [0, 0.05) is 12.5 Å². The minimum Gasteiger partial charge on any atom is -0.454 e. The second-order valence-corrected chi connectivity index (χ2v) is 3.85. The van der Waals surface area contributed by atoms with Crippen molar-refractivity contribution in [2.75, 3.05) is 6.54 Å². The third kappa shape index (κ3) is 4.00. The van der Waals surface area contributed by atoms with E-state index in [1.165, 1.54) is 6.92 Å². The highest BCUT2D eigenvalue weighted by Gasteiger charge is 2.17. The van der Waals surface area contributed by atoms with Crippen molar-refractivity contribution >= 4 is 11.8 Å². The van der Waals surface area contributed by atoms with E-state index < -0.39 is 12.1 Å². The normalized spacial score (nSPS) is 11.9. The average Bonchev–Trinajstić information content (AvgIpc) is 2.28. The largest absolute Gasteiger partial charge is 0.454 e. The summed E-state index contributed by atoms with van der Waals surface area (Å²) in [6.45, 7) is 3.43. The molecular weight excluding hydrogens is 218 g/mol. The fourth-order valence-corrected chi connectivity index (χ4v) is 1.54. The number of carbonyl (C=O) groups is 2. The standard InChI is InChI=1S/C13H17NO3/c1-9(17-10(2)15)13(16)12-5-3-11(4-6-12)7-8-14/h3-6,9H,7-8,14H2,1-2H3. The maximum Gasteiger partial charge on any atom is 0.303 e. The molecule has 1 unspecified atom stereocenters. The van der Waals surface area contributed by atoms with Gasteiger partial charge in [-0.15, -0.1) is 0 Å². The van der Waals surface area contributed by atoms with Crippen molar-refractivity contribution in [3.63, 3.8) is 0 Å². The van der Waals surface area contributed by atoms with Crippen LogP contribution in [0.1, 0.15) is 29.8 Å². The quantitative estimate of drug-likeness (QED) is 0.617. The fourth-order valence-electron chi connectivity index (χ4n) is 1.54. The van der Waals surface area contributed by atoms with Gasteiger partial charge in [0.1, 0.15) is 0 Å². The Labute approximate surface area is 101 Å². The van der Waals surface area contributed by atoms with Crippen LogP contribution in [0.15, 0.2) is 24.3 Å². The highest BCUT2D eigenvalue weighted by molar-refractivity contribution is 6.00. The molecule has 0 saturated carbocycles. The molecular formula is C13H17NO3. The third-order valence-corrected chi connectivity index (χ3v) is 2.38. The lowest BCUT2D eigenvalue weighted by molar-refractivity contribution is -0.143. The Kier molecular flexibility index (Phi) is 4.84. The van der Waals surface area contributed by atoms with Crippen LogP contribution >= 0.6 is 0 Å². The molecule has 1 aromatic carbocycles. The lowest BCUT2D eigenvalue weighted by Gasteiger charge is -2.10. The van der Waals surface area contributed by atoms with Crippen LogP contribution in [0.2, 0.25) is 0 Å². The molecule has 0 aliphatic heterocycles. The first-order valence-corrected chi connectivity index (χ1v) is 5.55. The summed E-state index contributed by atoms with van der Waals surface area (Å²) >= 11 is 0. The van der Waals surface area contributed by atoms with E-state index in [1.807, 2.05) is 12.1 Å². The SMILES string of the molecule is CC(=O)OC(C)C(=O)c1ccc(CCN)cc1. The number of hydrogen-bond donors (Lipinski definition) is 1. The number of hydrogen-bond acceptors (Lipinski definition) is 4. The van der Waals surface area contributed by atoms with Gasteiger partial charge in [-0.25, -0.2) is 0 Å². The van der Waals surface area contributed by atoms with Crippen molar-refractivity contribution < 1.29 is 14.3 Å². The van der Waals surface area contributed by atoms with E-state index in [-0.39, 0.29) is 5.78 Å². The molecule has 0 bridgehead atoms. The van der Waals surface area contributed by atoms with Gasteiger partial charge >= 0.3 is 5.97 Å². The van der Waals surface area contributed by atoms with Gasteiger partial charge in [-0.1, -0.05) is 24.3 Å². The number of ketones is 1. The third-order valence-electron chi connectivity index (χ3n) is 2.38. The lowest BCUT2D eigenvalue weighted by atomic mass is 10.0. The molecule has 1 aromatic rings. The Morgan fingerprint density at radius 3 is 2.35 bits per heavy atom. The van der Waals surface area contributed by atoms with Crippen molar-refractivity contribution in [2.24, 2.45) is 5.73 Å². The van der Waals surface area contributed by atoms with E-state index in [9.17, 15) is 9.59 Å². The average molecular weight is 235 g/mol. The van der Waals surface area contributed by atoms with Crippen molar-refractivity contribution in [3.8, 4) is 0 Å². The molecule has 4 heteroatoms. The lowest BCUT2D eigenvalue weighted by Crippen LogP contribution is -2.23. The summed E-state index contributed by atoms with van der Waals surface area (Å²) in [5.41, 5.74) is 7.07. The molecule has 0 saturated heterocycles. The predicted octanol–water partition coefficient (Wildman–Crippen LogP) is 1.32. The van der Waals surface area contributed by atoms with Crippen molar-refractivity contribution in [3.05, 3.63) is 35.4 Å². The summed E-state index contributed by atoms with van der Waals surface area (Å²) in [6.07, 6.45) is 0.0430. The Hall–Kier alpha value is -1.68. The van der Waals surface area contributed by atoms with Crippen molar-refractivity contribution in [1.82, 2.24) is 0 Å². The van der Waals surface area contributed by atoms with Crippen LogP contribution in [0.5, 0.6) is 0 Å². The Morgan fingerprint density at radius 2 is 1.88 bits per heavy atom. The molecule has 4 nitrogen and oxygen atoms in total. The monoisotopic (exact) mass is 235 g/mol. The molecule has 0 aliphatic rings. The molecule has 0 heterocycles. The topological polar surface area (TPSA) is 69.4 Å². The van der Waals surface area contributed by atoms with Crippen molar-refractivity contribution in [2.45, 2.75) is 26.4 Å². The van der Waals surface area contributed by atoms with Gasteiger partial charge in [-0.3, -0.25) is 9.59 Å². The molecule has 0 fully saturated rings. The number of esters is 1. The van der Waals surface area contributed by atoms with E-state index in [1.54, 1.807) is 19.1 Å². The van der Waals surface area contributed by atoms with Gasteiger partial charge in [-0.2, -0.15) is 0 Å². The number of carbonyl (C=O) groups excluding carboxylic acids is 2. The summed E-state index contributed by atoms with van der Waals surface area (Å²) < 4.78 is 4.84.